The molecule has 4 nitrogen and oxygen atoms in total. The lowest BCUT2D eigenvalue weighted by Gasteiger charge is -2.21. The number of rotatable bonds is 6. The Balaban J connectivity index is 2.52. The molecule has 0 aliphatic heterocycles. The van der Waals surface area contributed by atoms with Crippen LogP contribution in [0.15, 0.2) is 4.47 Å². The van der Waals surface area contributed by atoms with Gasteiger partial charge < -0.3 is 10.6 Å². The first kappa shape index (κ1) is 15.7. The summed E-state index contributed by atoms with van der Waals surface area (Å²) in [4.78, 5) is 2.30. The van der Waals surface area contributed by atoms with Gasteiger partial charge in [0, 0.05) is 19.6 Å². The molecule has 104 valence electrons. The lowest BCUT2D eigenvalue weighted by atomic mass is 10.0. The van der Waals surface area contributed by atoms with Gasteiger partial charge in [0.15, 0.2) is 0 Å². The molecule has 1 atom stereocenters. The normalized spacial score (nSPS) is 13.6. The molecule has 0 radical (unpaired) electrons. The first-order chi connectivity index (χ1) is 8.32. The third-order valence-electron chi connectivity index (χ3n) is 3.38. The number of aryl methyl sites for hydroxylation is 2. The second-order valence-corrected chi connectivity index (χ2v) is 6.20. The minimum atomic E-state index is 0.282. The average Bonchev–Trinajstić information content (AvgIpc) is 2.52. The van der Waals surface area contributed by atoms with Crippen LogP contribution in [0.1, 0.15) is 31.7 Å². The quantitative estimate of drug-likeness (QED) is 0.876. The molecule has 0 fully saturated rings. The van der Waals surface area contributed by atoms with Crippen LogP contribution >= 0.6 is 15.9 Å². The molecular weight excluding hydrogens is 292 g/mol. The van der Waals surface area contributed by atoms with Crippen molar-refractivity contribution in [2.75, 3.05) is 13.6 Å². The maximum atomic E-state index is 6.07. The molecule has 1 rings (SSSR count). The van der Waals surface area contributed by atoms with E-state index in [0.29, 0.717) is 5.92 Å². The van der Waals surface area contributed by atoms with Crippen LogP contribution in [-0.4, -0.2) is 34.3 Å². The SMILES string of the molecule is Cc1nn(C)c(CN(C)CCC(N)C(C)C)c1Br. The van der Waals surface area contributed by atoms with Crippen LogP contribution in [0.4, 0.5) is 0 Å². The van der Waals surface area contributed by atoms with Gasteiger partial charge in [0.05, 0.1) is 15.9 Å². The fourth-order valence-electron chi connectivity index (χ4n) is 1.89. The number of hydrogen-bond donors (Lipinski definition) is 1. The van der Waals surface area contributed by atoms with Gasteiger partial charge in [0.2, 0.25) is 0 Å². The van der Waals surface area contributed by atoms with Gasteiger partial charge in [-0.2, -0.15) is 5.10 Å². The first-order valence-electron chi connectivity index (χ1n) is 6.45. The third kappa shape index (κ3) is 4.07. The number of halogens is 1. The molecule has 1 unspecified atom stereocenters. The van der Waals surface area contributed by atoms with Crippen molar-refractivity contribution < 1.29 is 0 Å². The molecule has 0 saturated heterocycles. The van der Waals surface area contributed by atoms with Crippen molar-refractivity contribution >= 4 is 15.9 Å². The minimum absolute atomic E-state index is 0.282. The molecule has 0 amide bonds. The standard InChI is InChI=1S/C13H25BrN4/c1-9(2)11(15)6-7-17(4)8-12-13(14)10(3)16-18(12)5/h9,11H,6-8,15H2,1-5H3. The van der Waals surface area contributed by atoms with Gasteiger partial charge in [-0.3, -0.25) is 4.68 Å². The van der Waals surface area contributed by atoms with Gasteiger partial charge in [-0.15, -0.1) is 0 Å². The second-order valence-electron chi connectivity index (χ2n) is 5.40. The number of nitrogens with two attached hydrogens (primary N) is 1. The Morgan fingerprint density at radius 3 is 2.50 bits per heavy atom. The van der Waals surface area contributed by atoms with Crippen molar-refractivity contribution in [3.05, 3.63) is 15.9 Å². The van der Waals surface area contributed by atoms with Gasteiger partial charge in [-0.25, -0.2) is 0 Å². The Hall–Kier alpha value is -0.390. The molecular formula is C13H25BrN4. The molecule has 0 aromatic carbocycles. The summed E-state index contributed by atoms with van der Waals surface area (Å²) < 4.78 is 3.06. The monoisotopic (exact) mass is 316 g/mol. The van der Waals surface area contributed by atoms with Crippen molar-refractivity contribution in [3.63, 3.8) is 0 Å². The van der Waals surface area contributed by atoms with E-state index in [-0.39, 0.29) is 6.04 Å². The van der Waals surface area contributed by atoms with Gasteiger partial charge in [0.25, 0.3) is 0 Å². The summed E-state index contributed by atoms with van der Waals surface area (Å²) >= 11 is 3.60. The predicted octanol–water partition coefficient (Wildman–Crippen LogP) is 2.30. The number of nitrogens with zero attached hydrogens (tertiary/aromatic N) is 3. The van der Waals surface area contributed by atoms with Gasteiger partial charge in [0.1, 0.15) is 0 Å². The van der Waals surface area contributed by atoms with Crippen LogP contribution < -0.4 is 5.73 Å². The van der Waals surface area contributed by atoms with E-state index >= 15 is 0 Å². The maximum absolute atomic E-state index is 6.07. The highest BCUT2D eigenvalue weighted by molar-refractivity contribution is 9.10. The smallest absolute Gasteiger partial charge is 0.0739 e. The molecule has 0 saturated carbocycles. The molecule has 1 aromatic heterocycles. The second kappa shape index (κ2) is 6.68. The van der Waals surface area contributed by atoms with Crippen LogP contribution in [0, 0.1) is 12.8 Å². The predicted molar refractivity (Wildman–Crippen MR) is 79.4 cm³/mol. The van der Waals surface area contributed by atoms with E-state index in [1.54, 1.807) is 0 Å². The van der Waals surface area contributed by atoms with E-state index in [2.05, 4.69) is 46.8 Å². The third-order valence-corrected chi connectivity index (χ3v) is 4.41. The van der Waals surface area contributed by atoms with Crippen LogP contribution in [0.5, 0.6) is 0 Å². The van der Waals surface area contributed by atoms with Crippen LogP contribution in [0.3, 0.4) is 0 Å². The molecule has 2 N–H and O–H groups in total. The fraction of sp³-hybridized carbons (Fsp3) is 0.769. The molecule has 0 bridgehead atoms. The van der Waals surface area contributed by atoms with E-state index in [0.717, 1.165) is 29.7 Å². The lowest BCUT2D eigenvalue weighted by molar-refractivity contribution is 0.289. The Morgan fingerprint density at radius 2 is 2.06 bits per heavy atom. The first-order valence-corrected chi connectivity index (χ1v) is 7.24. The highest BCUT2D eigenvalue weighted by Gasteiger charge is 2.14. The fourth-order valence-corrected chi connectivity index (χ4v) is 2.35. The van der Waals surface area contributed by atoms with Crippen LogP contribution in [0.2, 0.25) is 0 Å². The summed E-state index contributed by atoms with van der Waals surface area (Å²) in [6.07, 6.45) is 1.03. The summed E-state index contributed by atoms with van der Waals surface area (Å²) in [5.41, 5.74) is 8.33. The van der Waals surface area contributed by atoms with E-state index in [4.69, 9.17) is 5.73 Å². The highest BCUT2D eigenvalue weighted by Crippen LogP contribution is 2.21. The highest BCUT2D eigenvalue weighted by atomic mass is 79.9. The van der Waals surface area contributed by atoms with Crippen molar-refractivity contribution in [1.29, 1.82) is 0 Å². The minimum Gasteiger partial charge on any atom is -0.327 e. The zero-order chi connectivity index (χ0) is 13.9. The summed E-state index contributed by atoms with van der Waals surface area (Å²) in [7, 11) is 4.11. The summed E-state index contributed by atoms with van der Waals surface area (Å²) in [5, 5.41) is 4.41. The largest absolute Gasteiger partial charge is 0.327 e. The number of hydrogen-bond acceptors (Lipinski definition) is 3. The number of aromatic nitrogens is 2. The van der Waals surface area contributed by atoms with Crippen LogP contribution in [-0.2, 0) is 13.6 Å². The lowest BCUT2D eigenvalue weighted by Crippen LogP contribution is -2.32. The Morgan fingerprint density at radius 1 is 1.44 bits per heavy atom. The molecule has 1 aromatic rings. The topological polar surface area (TPSA) is 47.1 Å². The van der Waals surface area contributed by atoms with Crippen molar-refractivity contribution in [2.24, 2.45) is 18.7 Å². The van der Waals surface area contributed by atoms with Crippen molar-refractivity contribution in [2.45, 2.75) is 39.8 Å². The van der Waals surface area contributed by atoms with E-state index in [9.17, 15) is 0 Å². The Labute approximate surface area is 119 Å². The van der Waals surface area contributed by atoms with Gasteiger partial charge in [-0.05, 0) is 48.8 Å². The van der Waals surface area contributed by atoms with E-state index in [1.807, 2.05) is 18.7 Å². The molecule has 0 spiro atoms. The average molecular weight is 317 g/mol. The van der Waals surface area contributed by atoms with Crippen LogP contribution in [0.25, 0.3) is 0 Å². The molecule has 5 heteroatoms. The van der Waals surface area contributed by atoms with Crippen molar-refractivity contribution in [3.8, 4) is 0 Å². The summed E-state index contributed by atoms with van der Waals surface area (Å²) in [6, 6.07) is 0.282. The van der Waals surface area contributed by atoms with Gasteiger partial charge in [-0.1, -0.05) is 13.8 Å². The maximum Gasteiger partial charge on any atom is 0.0739 e. The zero-order valence-corrected chi connectivity index (χ0v) is 13.7. The molecule has 18 heavy (non-hydrogen) atoms. The van der Waals surface area contributed by atoms with Gasteiger partial charge >= 0.3 is 0 Å². The van der Waals surface area contributed by atoms with E-state index in [1.165, 1.54) is 5.69 Å². The van der Waals surface area contributed by atoms with Crippen molar-refractivity contribution in [1.82, 2.24) is 14.7 Å². The molecule has 0 aliphatic carbocycles. The van der Waals surface area contributed by atoms with E-state index < -0.39 is 0 Å². The summed E-state index contributed by atoms with van der Waals surface area (Å²) in [6.45, 7) is 8.26. The summed E-state index contributed by atoms with van der Waals surface area (Å²) in [5.74, 6) is 0.545. The zero-order valence-electron chi connectivity index (χ0n) is 12.1. The molecule has 1 heterocycles. The Kier molecular flexibility index (Phi) is 5.82. The molecule has 0 aliphatic rings. The Bertz CT molecular complexity index is 387.